The summed E-state index contributed by atoms with van der Waals surface area (Å²) in [6, 6.07) is 18.3. The lowest BCUT2D eigenvalue weighted by Crippen LogP contribution is -1.89. The molecule has 0 bridgehead atoms. The predicted octanol–water partition coefficient (Wildman–Crippen LogP) is 4.28. The molecular formula is C17H13N3S. The molecular weight excluding hydrogens is 278 g/mol. The number of hydrogen-bond acceptors (Lipinski definition) is 3. The predicted molar refractivity (Wildman–Crippen MR) is 86.4 cm³/mol. The topological polar surface area (TPSA) is 41.6 Å². The highest BCUT2D eigenvalue weighted by atomic mass is 32.1. The van der Waals surface area contributed by atoms with Crippen molar-refractivity contribution in [2.45, 2.75) is 6.42 Å². The number of fused-ring (bicyclic) bond motifs is 1. The Balaban J connectivity index is 1.61. The Morgan fingerprint density at radius 2 is 1.71 bits per heavy atom. The van der Waals surface area contributed by atoms with Crippen LogP contribution in [0, 0.1) is 0 Å². The number of rotatable bonds is 3. The van der Waals surface area contributed by atoms with E-state index in [0.717, 1.165) is 39.5 Å². The molecule has 3 nitrogen and oxygen atoms in total. The molecule has 0 saturated carbocycles. The summed E-state index contributed by atoms with van der Waals surface area (Å²) >= 11 is 1.68. The first-order valence-electron chi connectivity index (χ1n) is 6.82. The highest BCUT2D eigenvalue weighted by molar-refractivity contribution is 7.10. The summed E-state index contributed by atoms with van der Waals surface area (Å²) in [4.78, 5) is 12.7. The number of H-pyrrole nitrogens is 1. The van der Waals surface area contributed by atoms with Crippen molar-refractivity contribution < 1.29 is 0 Å². The SMILES string of the molecule is c1ccc(-c2csc(Cc3nc4ccccc4[nH]3)n2)cc1. The maximum atomic E-state index is 4.70. The largest absolute Gasteiger partial charge is 0.342 e. The number of aromatic amines is 1. The van der Waals surface area contributed by atoms with Crippen LogP contribution in [0.25, 0.3) is 22.3 Å². The fourth-order valence-corrected chi connectivity index (χ4v) is 3.17. The third-order valence-corrected chi connectivity index (χ3v) is 4.23. The minimum Gasteiger partial charge on any atom is -0.342 e. The zero-order valence-electron chi connectivity index (χ0n) is 11.3. The molecule has 4 rings (SSSR count). The molecule has 0 unspecified atom stereocenters. The lowest BCUT2D eigenvalue weighted by atomic mass is 10.2. The van der Waals surface area contributed by atoms with Crippen LogP contribution in [0.2, 0.25) is 0 Å². The van der Waals surface area contributed by atoms with Gasteiger partial charge in [-0.25, -0.2) is 9.97 Å². The van der Waals surface area contributed by atoms with Gasteiger partial charge in [-0.1, -0.05) is 42.5 Å². The van der Waals surface area contributed by atoms with Gasteiger partial charge in [0.15, 0.2) is 0 Å². The first-order chi connectivity index (χ1) is 10.4. The Hall–Kier alpha value is -2.46. The van der Waals surface area contributed by atoms with E-state index in [1.807, 2.05) is 42.5 Å². The third-order valence-electron chi connectivity index (χ3n) is 3.38. The third kappa shape index (κ3) is 2.45. The highest BCUT2D eigenvalue weighted by Crippen LogP contribution is 2.23. The quantitative estimate of drug-likeness (QED) is 0.612. The Bertz CT molecular complexity index is 844. The first-order valence-corrected chi connectivity index (χ1v) is 7.70. The maximum absolute atomic E-state index is 4.70. The molecule has 21 heavy (non-hydrogen) atoms. The van der Waals surface area contributed by atoms with Crippen LogP contribution in [0.15, 0.2) is 60.0 Å². The van der Waals surface area contributed by atoms with Crippen LogP contribution in [0.3, 0.4) is 0 Å². The van der Waals surface area contributed by atoms with Crippen molar-refractivity contribution >= 4 is 22.4 Å². The van der Waals surface area contributed by atoms with Crippen LogP contribution in [0.5, 0.6) is 0 Å². The fourth-order valence-electron chi connectivity index (χ4n) is 2.37. The highest BCUT2D eigenvalue weighted by Gasteiger charge is 2.08. The Kier molecular flexibility index (Phi) is 3.01. The number of thiazole rings is 1. The molecule has 0 aliphatic rings. The van der Waals surface area contributed by atoms with Crippen molar-refractivity contribution in [3.8, 4) is 11.3 Å². The standard InChI is InChI=1S/C17H13N3S/c1-2-6-12(7-3-1)15-11-21-17(20-15)10-16-18-13-8-4-5-9-14(13)19-16/h1-9,11H,10H2,(H,18,19). The van der Waals surface area contributed by atoms with Gasteiger partial charge in [0.2, 0.25) is 0 Å². The monoisotopic (exact) mass is 291 g/mol. The van der Waals surface area contributed by atoms with E-state index in [0.29, 0.717) is 0 Å². The van der Waals surface area contributed by atoms with E-state index in [2.05, 4.69) is 27.5 Å². The molecule has 1 N–H and O–H groups in total. The Labute approximate surface area is 126 Å². The summed E-state index contributed by atoms with van der Waals surface area (Å²) in [6.45, 7) is 0. The lowest BCUT2D eigenvalue weighted by molar-refractivity contribution is 1.02. The summed E-state index contributed by atoms with van der Waals surface area (Å²) in [6.07, 6.45) is 0.742. The van der Waals surface area contributed by atoms with E-state index in [-0.39, 0.29) is 0 Å². The molecule has 0 atom stereocenters. The second kappa shape index (κ2) is 5.14. The number of benzene rings is 2. The lowest BCUT2D eigenvalue weighted by Gasteiger charge is -1.94. The minimum atomic E-state index is 0.742. The van der Waals surface area contributed by atoms with E-state index >= 15 is 0 Å². The van der Waals surface area contributed by atoms with Gasteiger partial charge in [0.25, 0.3) is 0 Å². The molecule has 4 aromatic rings. The smallest absolute Gasteiger partial charge is 0.114 e. The molecule has 0 aliphatic heterocycles. The second-order valence-electron chi connectivity index (χ2n) is 4.87. The molecule has 0 amide bonds. The molecule has 102 valence electrons. The average molecular weight is 291 g/mol. The molecule has 0 spiro atoms. The van der Waals surface area contributed by atoms with Gasteiger partial charge in [0.1, 0.15) is 10.8 Å². The number of para-hydroxylation sites is 2. The molecule has 2 aromatic heterocycles. The number of hydrogen-bond donors (Lipinski definition) is 1. The molecule has 0 radical (unpaired) electrons. The van der Waals surface area contributed by atoms with Crippen molar-refractivity contribution in [1.29, 1.82) is 0 Å². The Morgan fingerprint density at radius 3 is 2.57 bits per heavy atom. The summed E-state index contributed by atoms with van der Waals surface area (Å²) in [5, 5.41) is 3.18. The van der Waals surface area contributed by atoms with Crippen LogP contribution in [-0.4, -0.2) is 15.0 Å². The van der Waals surface area contributed by atoms with Crippen molar-refractivity contribution in [3.63, 3.8) is 0 Å². The Morgan fingerprint density at radius 1 is 0.905 bits per heavy atom. The van der Waals surface area contributed by atoms with E-state index in [4.69, 9.17) is 4.98 Å². The first kappa shape index (κ1) is 12.3. The second-order valence-corrected chi connectivity index (χ2v) is 5.81. The van der Waals surface area contributed by atoms with Crippen molar-refractivity contribution in [2.24, 2.45) is 0 Å². The van der Waals surface area contributed by atoms with Crippen LogP contribution in [0.1, 0.15) is 10.8 Å². The van der Waals surface area contributed by atoms with Gasteiger partial charge in [0.05, 0.1) is 23.1 Å². The van der Waals surface area contributed by atoms with Crippen LogP contribution in [-0.2, 0) is 6.42 Å². The minimum absolute atomic E-state index is 0.742. The summed E-state index contributed by atoms with van der Waals surface area (Å²) in [5.74, 6) is 0.963. The number of nitrogens with zero attached hydrogens (tertiary/aromatic N) is 2. The van der Waals surface area contributed by atoms with Gasteiger partial charge < -0.3 is 4.98 Å². The summed E-state index contributed by atoms with van der Waals surface area (Å²) in [7, 11) is 0. The van der Waals surface area contributed by atoms with Gasteiger partial charge in [0, 0.05) is 10.9 Å². The van der Waals surface area contributed by atoms with Gasteiger partial charge in [-0.3, -0.25) is 0 Å². The van der Waals surface area contributed by atoms with Gasteiger partial charge >= 0.3 is 0 Å². The normalized spacial score (nSPS) is 11.0. The van der Waals surface area contributed by atoms with Gasteiger partial charge in [-0.05, 0) is 12.1 Å². The van der Waals surface area contributed by atoms with E-state index in [1.54, 1.807) is 11.3 Å². The summed E-state index contributed by atoms with van der Waals surface area (Å²) < 4.78 is 0. The number of aromatic nitrogens is 3. The number of imidazole rings is 1. The molecule has 0 saturated heterocycles. The van der Waals surface area contributed by atoms with E-state index in [1.165, 1.54) is 0 Å². The molecule has 2 aromatic carbocycles. The molecule has 2 heterocycles. The molecule has 0 fully saturated rings. The van der Waals surface area contributed by atoms with Gasteiger partial charge in [-0.2, -0.15) is 0 Å². The van der Waals surface area contributed by atoms with Crippen molar-refractivity contribution in [2.75, 3.05) is 0 Å². The van der Waals surface area contributed by atoms with Crippen LogP contribution < -0.4 is 0 Å². The van der Waals surface area contributed by atoms with Crippen molar-refractivity contribution in [1.82, 2.24) is 15.0 Å². The summed E-state index contributed by atoms with van der Waals surface area (Å²) in [5.41, 5.74) is 4.27. The van der Waals surface area contributed by atoms with Gasteiger partial charge in [-0.15, -0.1) is 11.3 Å². The zero-order valence-corrected chi connectivity index (χ0v) is 12.1. The maximum Gasteiger partial charge on any atom is 0.114 e. The van der Waals surface area contributed by atoms with E-state index in [9.17, 15) is 0 Å². The molecule has 0 aliphatic carbocycles. The molecule has 4 heteroatoms. The van der Waals surface area contributed by atoms with E-state index < -0.39 is 0 Å². The van der Waals surface area contributed by atoms with Crippen LogP contribution in [0.4, 0.5) is 0 Å². The van der Waals surface area contributed by atoms with Crippen LogP contribution >= 0.6 is 11.3 Å². The fraction of sp³-hybridized carbons (Fsp3) is 0.0588. The zero-order chi connectivity index (χ0) is 14.1. The average Bonchev–Trinajstić information content (AvgIpc) is 3.14. The number of nitrogens with one attached hydrogen (secondary N) is 1. The van der Waals surface area contributed by atoms with Crippen molar-refractivity contribution in [3.05, 3.63) is 70.8 Å².